The van der Waals surface area contributed by atoms with Crippen molar-refractivity contribution in [1.82, 2.24) is 20.3 Å². The van der Waals surface area contributed by atoms with Gasteiger partial charge in [0.05, 0.1) is 12.1 Å². The second-order valence-corrected chi connectivity index (χ2v) is 9.30. The molecule has 0 aliphatic carbocycles. The Balaban J connectivity index is 1.41. The minimum absolute atomic E-state index is 0.255. The van der Waals surface area contributed by atoms with Gasteiger partial charge in [0.15, 0.2) is 5.13 Å². The number of hydrogen-bond donors (Lipinski definition) is 2. The zero-order chi connectivity index (χ0) is 25.8. The Labute approximate surface area is 212 Å². The van der Waals surface area contributed by atoms with Crippen molar-refractivity contribution in [1.29, 1.82) is 0 Å². The lowest BCUT2D eigenvalue weighted by Crippen LogP contribution is -2.23. The van der Waals surface area contributed by atoms with Gasteiger partial charge in [-0.3, -0.25) is 4.79 Å². The van der Waals surface area contributed by atoms with Gasteiger partial charge in [-0.05, 0) is 56.0 Å². The van der Waals surface area contributed by atoms with Crippen LogP contribution in [0.3, 0.4) is 0 Å². The van der Waals surface area contributed by atoms with Gasteiger partial charge in [-0.1, -0.05) is 31.1 Å². The van der Waals surface area contributed by atoms with E-state index in [1.807, 2.05) is 0 Å². The van der Waals surface area contributed by atoms with Crippen LogP contribution < -0.4 is 10.6 Å². The molecule has 2 heterocycles. The van der Waals surface area contributed by atoms with Crippen molar-refractivity contribution >= 4 is 28.1 Å². The number of aromatic nitrogens is 3. The molecule has 0 aliphatic heterocycles. The molecule has 7 nitrogen and oxygen atoms in total. The first-order valence-electron chi connectivity index (χ1n) is 11.9. The number of amides is 1. The number of rotatable bonds is 14. The number of anilines is 2. The highest BCUT2D eigenvalue weighted by Gasteiger charge is 2.29. The van der Waals surface area contributed by atoms with Crippen LogP contribution in [0.2, 0.25) is 0 Å². The lowest BCUT2D eigenvalue weighted by Gasteiger charge is -2.07. The fourth-order valence-corrected chi connectivity index (χ4v) is 4.11. The number of aryl methyl sites for hydroxylation is 1. The maximum atomic E-state index is 12.7. The van der Waals surface area contributed by atoms with Gasteiger partial charge in [0.2, 0.25) is 0 Å². The topological polar surface area (TPSA) is 89.0 Å². The largest absolute Gasteiger partial charge is 0.416 e. The molecule has 0 fully saturated rings. The molecule has 3 aromatic rings. The van der Waals surface area contributed by atoms with E-state index >= 15 is 0 Å². The number of carbonyl (C=O) groups is 1. The first-order valence-corrected chi connectivity index (χ1v) is 12.7. The number of carbonyl (C=O) groups excluding carboxylic acids is 1. The summed E-state index contributed by atoms with van der Waals surface area (Å²) in [7, 11) is 0. The Morgan fingerprint density at radius 3 is 2.56 bits per heavy atom. The summed E-state index contributed by atoms with van der Waals surface area (Å²) in [6.07, 6.45) is 4.68. The van der Waals surface area contributed by atoms with Crippen molar-refractivity contribution < 1.29 is 22.7 Å². The summed E-state index contributed by atoms with van der Waals surface area (Å²) >= 11 is 1.30. The summed E-state index contributed by atoms with van der Waals surface area (Å²) in [5.74, 6) is -0.308. The fraction of sp³-hybridized carbons (Fsp3) is 0.440. The summed E-state index contributed by atoms with van der Waals surface area (Å²) in [6.45, 7) is 3.97. The van der Waals surface area contributed by atoms with Crippen molar-refractivity contribution in [3.63, 3.8) is 0 Å². The number of nitrogens with zero attached hydrogens (tertiary/aromatic N) is 3. The van der Waals surface area contributed by atoms with Crippen LogP contribution in [-0.4, -0.2) is 34.1 Å². The minimum Gasteiger partial charge on any atom is -0.381 e. The number of alkyl halides is 3. The Morgan fingerprint density at radius 1 is 1.03 bits per heavy atom. The van der Waals surface area contributed by atoms with Gasteiger partial charge in [-0.25, -0.2) is 15.0 Å². The van der Waals surface area contributed by atoms with E-state index in [1.54, 1.807) is 12.3 Å². The summed E-state index contributed by atoms with van der Waals surface area (Å²) < 4.78 is 43.6. The predicted octanol–water partition coefficient (Wildman–Crippen LogP) is 6.16. The molecular weight excluding hydrogens is 491 g/mol. The van der Waals surface area contributed by atoms with E-state index in [0.717, 1.165) is 74.4 Å². The standard InChI is InChI=1S/C25H30F3N5O2S/c1-2-12-35-13-6-4-3-5-7-20-14-22(32-17-31-20)23(34)29-15-21-16-30-24(36-21)33-19-10-8-18(9-11-19)25(26,27)28/h8-11,14,16-17H,2-7,12-13,15H2,1H3,(H,29,34)(H,30,33). The summed E-state index contributed by atoms with van der Waals surface area (Å²) in [5.41, 5.74) is 0.918. The Morgan fingerprint density at radius 2 is 1.81 bits per heavy atom. The number of nitrogens with one attached hydrogen (secondary N) is 2. The van der Waals surface area contributed by atoms with Gasteiger partial charge in [0, 0.05) is 35.7 Å². The molecule has 1 aromatic carbocycles. The number of ether oxygens (including phenoxy) is 1. The van der Waals surface area contributed by atoms with E-state index < -0.39 is 11.7 Å². The summed E-state index contributed by atoms with van der Waals surface area (Å²) in [5, 5.41) is 6.30. The number of hydrogen-bond acceptors (Lipinski definition) is 7. The Bertz CT molecular complexity index is 1090. The Hall–Kier alpha value is -3.05. The smallest absolute Gasteiger partial charge is 0.381 e. The van der Waals surface area contributed by atoms with E-state index in [2.05, 4.69) is 32.5 Å². The number of halogens is 3. The van der Waals surface area contributed by atoms with Crippen LogP contribution in [0.15, 0.2) is 42.9 Å². The molecule has 2 N–H and O–H groups in total. The molecule has 0 unspecified atom stereocenters. The molecule has 11 heteroatoms. The van der Waals surface area contributed by atoms with Gasteiger partial charge in [-0.2, -0.15) is 13.2 Å². The average Bonchev–Trinajstić information content (AvgIpc) is 3.31. The van der Waals surface area contributed by atoms with Crippen molar-refractivity contribution in [3.05, 3.63) is 64.7 Å². The quantitative estimate of drug-likeness (QED) is 0.247. The molecular formula is C25H30F3N5O2S. The van der Waals surface area contributed by atoms with E-state index in [1.165, 1.54) is 29.8 Å². The van der Waals surface area contributed by atoms with Crippen LogP contribution in [0, 0.1) is 0 Å². The molecule has 0 saturated heterocycles. The van der Waals surface area contributed by atoms with E-state index in [9.17, 15) is 18.0 Å². The third kappa shape index (κ3) is 9.19. The normalized spacial score (nSPS) is 11.4. The van der Waals surface area contributed by atoms with Crippen LogP contribution in [0.5, 0.6) is 0 Å². The molecule has 0 aliphatic rings. The molecule has 1 amide bonds. The monoisotopic (exact) mass is 521 g/mol. The molecule has 36 heavy (non-hydrogen) atoms. The maximum Gasteiger partial charge on any atom is 0.416 e. The lowest BCUT2D eigenvalue weighted by atomic mass is 10.1. The molecule has 0 spiro atoms. The van der Waals surface area contributed by atoms with Crippen LogP contribution in [0.1, 0.15) is 65.7 Å². The first kappa shape index (κ1) is 27.5. The highest BCUT2D eigenvalue weighted by atomic mass is 32.1. The highest BCUT2D eigenvalue weighted by molar-refractivity contribution is 7.15. The molecule has 0 bridgehead atoms. The molecule has 2 aromatic heterocycles. The van der Waals surface area contributed by atoms with Gasteiger partial charge >= 0.3 is 6.18 Å². The average molecular weight is 522 g/mol. The second kappa shape index (κ2) is 13.9. The second-order valence-electron chi connectivity index (χ2n) is 8.19. The molecule has 3 rings (SSSR count). The number of thiazole rings is 1. The third-order valence-electron chi connectivity index (χ3n) is 5.22. The lowest BCUT2D eigenvalue weighted by molar-refractivity contribution is -0.137. The van der Waals surface area contributed by atoms with Crippen LogP contribution in [-0.2, 0) is 23.9 Å². The third-order valence-corrected chi connectivity index (χ3v) is 6.13. The Kier molecular flexibility index (Phi) is 10.6. The van der Waals surface area contributed by atoms with Gasteiger partial charge < -0.3 is 15.4 Å². The van der Waals surface area contributed by atoms with Gasteiger partial charge in [-0.15, -0.1) is 0 Å². The first-order chi connectivity index (χ1) is 17.3. The van der Waals surface area contributed by atoms with Gasteiger partial charge in [0.1, 0.15) is 12.0 Å². The summed E-state index contributed by atoms with van der Waals surface area (Å²) in [4.78, 5) is 25.9. The molecule has 0 atom stereocenters. The highest BCUT2D eigenvalue weighted by Crippen LogP contribution is 2.31. The fourth-order valence-electron chi connectivity index (χ4n) is 3.34. The summed E-state index contributed by atoms with van der Waals surface area (Å²) in [6, 6.07) is 6.43. The number of unbranched alkanes of at least 4 members (excludes halogenated alkanes) is 3. The van der Waals surface area contributed by atoms with Crippen LogP contribution in [0.4, 0.5) is 24.0 Å². The van der Waals surface area contributed by atoms with E-state index in [-0.39, 0.29) is 12.5 Å². The zero-order valence-corrected chi connectivity index (χ0v) is 20.9. The van der Waals surface area contributed by atoms with Crippen molar-refractivity contribution in [2.45, 2.75) is 58.2 Å². The number of benzene rings is 1. The van der Waals surface area contributed by atoms with E-state index in [0.29, 0.717) is 16.5 Å². The molecule has 0 saturated carbocycles. The predicted molar refractivity (Wildman–Crippen MR) is 133 cm³/mol. The van der Waals surface area contributed by atoms with Crippen LogP contribution in [0.25, 0.3) is 0 Å². The molecule has 194 valence electrons. The van der Waals surface area contributed by atoms with Crippen molar-refractivity contribution in [2.24, 2.45) is 0 Å². The van der Waals surface area contributed by atoms with E-state index in [4.69, 9.17) is 4.74 Å². The van der Waals surface area contributed by atoms with Gasteiger partial charge in [0.25, 0.3) is 5.91 Å². The SMILES string of the molecule is CCCOCCCCCCc1cc(C(=O)NCc2cnc(Nc3ccc(C(F)(F)F)cc3)s2)ncn1. The van der Waals surface area contributed by atoms with Crippen molar-refractivity contribution in [3.8, 4) is 0 Å². The maximum absolute atomic E-state index is 12.7. The van der Waals surface area contributed by atoms with Crippen LogP contribution >= 0.6 is 11.3 Å². The zero-order valence-electron chi connectivity index (χ0n) is 20.1. The minimum atomic E-state index is -4.38. The molecule has 0 radical (unpaired) electrons. The van der Waals surface area contributed by atoms with Crippen molar-refractivity contribution in [2.75, 3.05) is 18.5 Å².